The molecule has 1 aliphatic rings. The van der Waals surface area contributed by atoms with Gasteiger partial charge >= 0.3 is 0 Å². The summed E-state index contributed by atoms with van der Waals surface area (Å²) in [5.74, 6) is 0. The molecule has 0 unspecified atom stereocenters. The first-order chi connectivity index (χ1) is 8.71. The minimum absolute atomic E-state index is 0.441. The molecule has 0 aliphatic heterocycles. The van der Waals surface area contributed by atoms with Crippen molar-refractivity contribution < 1.29 is 0 Å². The van der Waals surface area contributed by atoms with Gasteiger partial charge in [0.05, 0.1) is 10.2 Å². The Hall–Kier alpha value is -0.940. The molecule has 1 aromatic carbocycles. The van der Waals surface area contributed by atoms with Gasteiger partial charge in [-0.05, 0) is 37.3 Å². The fourth-order valence-electron chi connectivity index (χ4n) is 2.28. The topological polar surface area (TPSA) is 50.9 Å². The molecule has 1 aliphatic carbocycles. The van der Waals surface area contributed by atoms with Gasteiger partial charge in [-0.25, -0.2) is 4.98 Å². The molecule has 3 N–H and O–H groups in total. The van der Waals surface area contributed by atoms with Gasteiger partial charge in [0.1, 0.15) is 0 Å². The molecule has 5 heteroatoms. The summed E-state index contributed by atoms with van der Waals surface area (Å²) in [7, 11) is 0. The van der Waals surface area contributed by atoms with Gasteiger partial charge in [-0.2, -0.15) is 11.8 Å². The normalized spacial score (nSPS) is 17.6. The maximum absolute atomic E-state index is 5.78. The van der Waals surface area contributed by atoms with Crippen LogP contribution in [-0.2, 0) is 0 Å². The largest absolute Gasteiger partial charge is 0.399 e. The minimum Gasteiger partial charge on any atom is -0.399 e. The van der Waals surface area contributed by atoms with Gasteiger partial charge in [-0.1, -0.05) is 17.8 Å². The van der Waals surface area contributed by atoms with Gasteiger partial charge in [0, 0.05) is 17.0 Å². The van der Waals surface area contributed by atoms with Crippen LogP contribution in [0.4, 0.5) is 10.8 Å². The van der Waals surface area contributed by atoms with Gasteiger partial charge in [-0.15, -0.1) is 0 Å². The van der Waals surface area contributed by atoms with E-state index in [1.165, 1.54) is 19.3 Å². The third-order valence-electron chi connectivity index (χ3n) is 3.67. The van der Waals surface area contributed by atoms with E-state index in [0.717, 1.165) is 27.6 Å². The summed E-state index contributed by atoms with van der Waals surface area (Å²) in [5.41, 5.74) is 7.62. The van der Waals surface area contributed by atoms with Crippen LogP contribution in [0.25, 0.3) is 10.2 Å². The summed E-state index contributed by atoms with van der Waals surface area (Å²) in [5, 5.41) is 4.50. The number of nitrogens with one attached hydrogen (secondary N) is 1. The number of aromatic nitrogens is 1. The first-order valence-electron chi connectivity index (χ1n) is 6.16. The van der Waals surface area contributed by atoms with E-state index in [1.54, 1.807) is 11.3 Å². The summed E-state index contributed by atoms with van der Waals surface area (Å²) < 4.78 is 1.60. The Kier molecular flexibility index (Phi) is 3.11. The second-order valence-electron chi connectivity index (χ2n) is 4.84. The summed E-state index contributed by atoms with van der Waals surface area (Å²) in [4.78, 5) is 4.59. The molecule has 0 spiro atoms. The Morgan fingerprint density at radius 3 is 3.00 bits per heavy atom. The monoisotopic (exact) mass is 279 g/mol. The Morgan fingerprint density at radius 2 is 2.33 bits per heavy atom. The van der Waals surface area contributed by atoms with Gasteiger partial charge in [0.15, 0.2) is 5.13 Å². The zero-order valence-corrected chi connectivity index (χ0v) is 12.0. The molecule has 18 heavy (non-hydrogen) atoms. The number of nitrogen functional groups attached to an aromatic ring is 1. The predicted molar refractivity (Wildman–Crippen MR) is 82.6 cm³/mol. The molecule has 3 rings (SSSR count). The van der Waals surface area contributed by atoms with Crippen molar-refractivity contribution >= 4 is 44.1 Å². The molecule has 0 atom stereocenters. The number of benzene rings is 1. The van der Waals surface area contributed by atoms with Crippen molar-refractivity contribution in [1.29, 1.82) is 0 Å². The van der Waals surface area contributed by atoms with Crippen LogP contribution in [0, 0.1) is 0 Å². The van der Waals surface area contributed by atoms with Crippen LogP contribution in [-0.4, -0.2) is 22.5 Å². The van der Waals surface area contributed by atoms with Crippen LogP contribution < -0.4 is 11.1 Å². The number of hydrogen-bond acceptors (Lipinski definition) is 5. The maximum atomic E-state index is 5.78. The lowest BCUT2D eigenvalue weighted by Gasteiger charge is -2.40. The molecule has 0 amide bonds. The minimum atomic E-state index is 0.441. The first kappa shape index (κ1) is 12.1. The number of thiazole rings is 1. The van der Waals surface area contributed by atoms with E-state index < -0.39 is 0 Å². The van der Waals surface area contributed by atoms with Gasteiger partial charge in [0.25, 0.3) is 0 Å². The number of hydrogen-bond donors (Lipinski definition) is 2. The van der Waals surface area contributed by atoms with Crippen LogP contribution in [0.1, 0.15) is 19.3 Å². The lowest BCUT2D eigenvalue weighted by molar-refractivity contribution is 0.380. The number of rotatable bonds is 4. The van der Waals surface area contributed by atoms with E-state index in [4.69, 9.17) is 5.73 Å². The third kappa shape index (κ3) is 2.17. The van der Waals surface area contributed by atoms with E-state index in [0.29, 0.717) is 4.75 Å². The molecular formula is C13H17N3S2. The highest BCUT2D eigenvalue weighted by Crippen LogP contribution is 2.43. The highest BCUT2D eigenvalue weighted by molar-refractivity contribution is 8.00. The lowest BCUT2D eigenvalue weighted by Crippen LogP contribution is -2.40. The smallest absolute Gasteiger partial charge is 0.183 e. The van der Waals surface area contributed by atoms with Crippen LogP contribution in [0.2, 0.25) is 0 Å². The average Bonchev–Trinajstić information content (AvgIpc) is 2.70. The standard InChI is InChI=1S/C13H17N3S2/c1-17-13(5-2-6-13)8-15-12-16-10-4-3-9(14)7-11(10)18-12/h3-4,7H,2,5-6,8,14H2,1H3,(H,15,16). The molecule has 1 heterocycles. The van der Waals surface area contributed by atoms with Crippen molar-refractivity contribution in [1.82, 2.24) is 4.98 Å². The summed E-state index contributed by atoms with van der Waals surface area (Å²) in [6.45, 7) is 1.02. The van der Waals surface area contributed by atoms with Gasteiger partial charge in [-0.3, -0.25) is 0 Å². The zero-order chi connectivity index (χ0) is 12.6. The van der Waals surface area contributed by atoms with Crippen molar-refractivity contribution in [3.05, 3.63) is 18.2 Å². The Bertz CT molecular complexity index is 555. The molecule has 2 aromatic rings. The van der Waals surface area contributed by atoms with Crippen molar-refractivity contribution in [2.24, 2.45) is 0 Å². The molecule has 0 saturated heterocycles. The van der Waals surface area contributed by atoms with Gasteiger partial charge < -0.3 is 11.1 Å². The highest BCUT2D eigenvalue weighted by atomic mass is 32.2. The number of fused-ring (bicyclic) bond motifs is 1. The molecule has 96 valence electrons. The number of anilines is 2. The molecule has 1 saturated carbocycles. The maximum Gasteiger partial charge on any atom is 0.183 e. The van der Waals surface area contributed by atoms with Gasteiger partial charge in [0.2, 0.25) is 0 Å². The molecule has 3 nitrogen and oxygen atoms in total. The second-order valence-corrected chi connectivity index (χ2v) is 7.15. The molecule has 0 radical (unpaired) electrons. The third-order valence-corrected chi connectivity index (χ3v) is 6.07. The van der Waals surface area contributed by atoms with E-state index in [1.807, 2.05) is 30.0 Å². The van der Waals surface area contributed by atoms with E-state index in [2.05, 4.69) is 16.6 Å². The molecule has 1 fully saturated rings. The number of nitrogens with zero attached hydrogens (tertiary/aromatic N) is 1. The highest BCUT2D eigenvalue weighted by Gasteiger charge is 2.35. The Labute approximate surface area is 115 Å². The second kappa shape index (κ2) is 4.63. The van der Waals surface area contributed by atoms with Crippen molar-refractivity contribution in [3.63, 3.8) is 0 Å². The van der Waals surface area contributed by atoms with Crippen LogP contribution in [0.3, 0.4) is 0 Å². The van der Waals surface area contributed by atoms with Crippen molar-refractivity contribution in [3.8, 4) is 0 Å². The lowest BCUT2D eigenvalue weighted by atomic mass is 9.84. The fraction of sp³-hybridized carbons (Fsp3) is 0.462. The summed E-state index contributed by atoms with van der Waals surface area (Å²) >= 11 is 3.67. The van der Waals surface area contributed by atoms with E-state index >= 15 is 0 Å². The Morgan fingerprint density at radius 1 is 1.50 bits per heavy atom. The van der Waals surface area contributed by atoms with E-state index in [-0.39, 0.29) is 0 Å². The Balaban J connectivity index is 1.74. The zero-order valence-electron chi connectivity index (χ0n) is 10.4. The van der Waals surface area contributed by atoms with Crippen LogP contribution in [0.5, 0.6) is 0 Å². The molecule has 1 aromatic heterocycles. The summed E-state index contributed by atoms with van der Waals surface area (Å²) in [6.07, 6.45) is 6.21. The van der Waals surface area contributed by atoms with Crippen LogP contribution in [0.15, 0.2) is 18.2 Å². The SMILES string of the molecule is CSC1(CNc2nc3ccc(N)cc3s2)CCC1. The summed E-state index contributed by atoms with van der Waals surface area (Å²) in [6, 6.07) is 5.88. The molecule has 0 bridgehead atoms. The fourth-order valence-corrected chi connectivity index (χ4v) is 4.10. The first-order valence-corrected chi connectivity index (χ1v) is 8.20. The van der Waals surface area contributed by atoms with Crippen molar-refractivity contribution in [2.75, 3.05) is 23.9 Å². The number of thioether (sulfide) groups is 1. The predicted octanol–water partition coefficient (Wildman–Crippen LogP) is 3.58. The number of nitrogens with two attached hydrogens (primary N) is 1. The van der Waals surface area contributed by atoms with E-state index in [9.17, 15) is 0 Å². The van der Waals surface area contributed by atoms with Crippen molar-refractivity contribution in [2.45, 2.75) is 24.0 Å². The van der Waals surface area contributed by atoms with Crippen LogP contribution >= 0.6 is 23.1 Å². The average molecular weight is 279 g/mol. The quantitative estimate of drug-likeness (QED) is 0.840. The molecular weight excluding hydrogens is 262 g/mol.